The van der Waals surface area contributed by atoms with E-state index in [1.807, 2.05) is 25.1 Å². The average Bonchev–Trinajstić information content (AvgIpc) is 3.05. The molecule has 146 valence electrons. The van der Waals surface area contributed by atoms with Crippen molar-refractivity contribution in [2.45, 2.75) is 32.8 Å². The summed E-state index contributed by atoms with van der Waals surface area (Å²) >= 11 is 1.27. The molecule has 0 spiro atoms. The smallest absolute Gasteiger partial charge is 0.241 e. The molecule has 6 nitrogen and oxygen atoms in total. The predicted octanol–water partition coefficient (Wildman–Crippen LogP) is 3.71. The van der Waals surface area contributed by atoms with Crippen molar-refractivity contribution < 1.29 is 18.7 Å². The van der Waals surface area contributed by atoms with E-state index >= 15 is 0 Å². The highest BCUT2D eigenvalue weighted by atomic mass is 32.2. The first-order valence-electron chi connectivity index (χ1n) is 8.64. The van der Waals surface area contributed by atoms with E-state index in [4.69, 9.17) is 4.74 Å². The van der Waals surface area contributed by atoms with E-state index in [2.05, 4.69) is 10.4 Å². The molecule has 3 rings (SSSR count). The molecular formula is C20H20FN3O3S. The summed E-state index contributed by atoms with van der Waals surface area (Å²) in [5, 5.41) is 8.08. The summed E-state index contributed by atoms with van der Waals surface area (Å²) < 4.78 is 19.0. The van der Waals surface area contributed by atoms with E-state index < -0.39 is 5.37 Å². The fraction of sp³-hybridized carbons (Fsp3) is 0.250. The number of benzene rings is 2. The summed E-state index contributed by atoms with van der Waals surface area (Å²) in [5.41, 5.74) is 2.60. The van der Waals surface area contributed by atoms with E-state index in [9.17, 15) is 14.0 Å². The van der Waals surface area contributed by atoms with Gasteiger partial charge in [-0.3, -0.25) is 9.59 Å². The van der Waals surface area contributed by atoms with Gasteiger partial charge in [-0.25, -0.2) is 9.40 Å². The number of nitrogens with zero attached hydrogens (tertiary/aromatic N) is 2. The first kappa shape index (κ1) is 19.9. The minimum Gasteiger partial charge on any atom is -0.489 e. The topological polar surface area (TPSA) is 71.0 Å². The Labute approximate surface area is 166 Å². The van der Waals surface area contributed by atoms with Crippen LogP contribution in [0.3, 0.4) is 0 Å². The van der Waals surface area contributed by atoms with Crippen molar-refractivity contribution in [1.29, 1.82) is 0 Å². The molecule has 0 aliphatic carbocycles. The summed E-state index contributed by atoms with van der Waals surface area (Å²) in [7, 11) is 0. The number of carbonyl (C=O) groups excluding carboxylic acids is 2. The molecule has 2 aromatic rings. The van der Waals surface area contributed by atoms with Gasteiger partial charge in [0.15, 0.2) is 5.17 Å². The van der Waals surface area contributed by atoms with Crippen molar-refractivity contribution in [2.24, 2.45) is 5.10 Å². The maximum Gasteiger partial charge on any atom is 0.241 e. The van der Waals surface area contributed by atoms with Crippen LogP contribution in [-0.2, 0) is 16.2 Å². The van der Waals surface area contributed by atoms with Crippen LogP contribution in [0.2, 0.25) is 0 Å². The molecular weight excluding hydrogens is 381 g/mol. The van der Waals surface area contributed by atoms with Crippen molar-refractivity contribution >= 4 is 28.7 Å². The molecule has 2 amide bonds. The van der Waals surface area contributed by atoms with Crippen molar-refractivity contribution in [2.75, 3.05) is 0 Å². The molecule has 2 aromatic carbocycles. The number of ether oxygens (including phenoxy) is 1. The van der Waals surface area contributed by atoms with E-state index in [1.165, 1.54) is 42.8 Å². The molecule has 1 N–H and O–H groups in total. The number of nitrogens with one attached hydrogen (secondary N) is 1. The Bertz CT molecular complexity index is 931. The normalized spacial score (nSPS) is 15.9. The Balaban J connectivity index is 1.86. The molecule has 1 aliphatic heterocycles. The molecule has 0 unspecified atom stereocenters. The van der Waals surface area contributed by atoms with Gasteiger partial charge in [-0.1, -0.05) is 35.5 Å². The molecule has 1 aliphatic rings. The van der Waals surface area contributed by atoms with Crippen LogP contribution in [0, 0.1) is 12.7 Å². The largest absolute Gasteiger partial charge is 0.489 e. The predicted molar refractivity (Wildman–Crippen MR) is 106 cm³/mol. The monoisotopic (exact) mass is 401 g/mol. The standard InChI is InChI=1S/C20H20FN3O3S/c1-12-4-9-18(27-11-15-5-7-16(21)8-6-15)17(10-12)19-24(14(3)26)23-20(28-19)22-13(2)25/h4-10,19H,11H2,1-3H3,(H,22,23,25)/t19-/m1/s1. The van der Waals surface area contributed by atoms with Gasteiger partial charge in [-0.05, 0) is 36.8 Å². The molecule has 0 fully saturated rings. The summed E-state index contributed by atoms with van der Waals surface area (Å²) in [4.78, 5) is 23.4. The molecule has 0 bridgehead atoms. The van der Waals surface area contributed by atoms with Gasteiger partial charge in [0.25, 0.3) is 0 Å². The maximum atomic E-state index is 13.1. The van der Waals surface area contributed by atoms with Gasteiger partial charge in [0.05, 0.1) is 0 Å². The third kappa shape index (κ3) is 4.69. The molecule has 0 saturated heterocycles. The van der Waals surface area contributed by atoms with Crippen LogP contribution in [0.25, 0.3) is 0 Å². The molecule has 8 heteroatoms. The second kappa shape index (κ2) is 8.43. The zero-order chi connectivity index (χ0) is 20.3. The van der Waals surface area contributed by atoms with Crippen LogP contribution in [-0.4, -0.2) is 22.0 Å². The Morgan fingerprint density at radius 3 is 2.57 bits per heavy atom. The second-order valence-corrected chi connectivity index (χ2v) is 7.45. The average molecular weight is 401 g/mol. The molecule has 1 heterocycles. The number of hydrogen-bond acceptors (Lipinski definition) is 5. The van der Waals surface area contributed by atoms with E-state index in [-0.39, 0.29) is 24.2 Å². The first-order chi connectivity index (χ1) is 13.3. The number of hydrazone groups is 1. The summed E-state index contributed by atoms with van der Waals surface area (Å²) in [6.07, 6.45) is 0. The first-order valence-corrected chi connectivity index (χ1v) is 9.52. The second-order valence-electron chi connectivity index (χ2n) is 6.38. The lowest BCUT2D eigenvalue weighted by Crippen LogP contribution is -2.25. The number of rotatable bonds is 4. The van der Waals surface area contributed by atoms with Gasteiger partial charge in [-0.15, -0.1) is 5.10 Å². The van der Waals surface area contributed by atoms with Crippen molar-refractivity contribution in [3.8, 4) is 5.75 Å². The number of halogens is 1. The van der Waals surface area contributed by atoms with Crippen molar-refractivity contribution in [3.05, 3.63) is 65.0 Å². The number of carbonyl (C=O) groups is 2. The lowest BCUT2D eigenvalue weighted by molar-refractivity contribution is -0.129. The Morgan fingerprint density at radius 1 is 1.21 bits per heavy atom. The molecule has 1 atom stereocenters. The van der Waals surface area contributed by atoms with E-state index in [1.54, 1.807) is 12.1 Å². The Hall–Kier alpha value is -2.87. The zero-order valence-electron chi connectivity index (χ0n) is 15.7. The summed E-state index contributed by atoms with van der Waals surface area (Å²) in [5.74, 6) is -0.212. The fourth-order valence-corrected chi connectivity index (χ4v) is 3.86. The van der Waals surface area contributed by atoms with Crippen LogP contribution in [0.5, 0.6) is 5.75 Å². The fourth-order valence-electron chi connectivity index (χ4n) is 2.70. The maximum absolute atomic E-state index is 13.1. The third-order valence-corrected chi connectivity index (χ3v) is 5.07. The van der Waals surface area contributed by atoms with Gasteiger partial charge in [-0.2, -0.15) is 0 Å². The minimum absolute atomic E-state index is 0.246. The van der Waals surface area contributed by atoms with Gasteiger partial charge in [0.1, 0.15) is 23.5 Å². The van der Waals surface area contributed by atoms with Crippen molar-refractivity contribution in [3.63, 3.8) is 0 Å². The molecule has 28 heavy (non-hydrogen) atoms. The van der Waals surface area contributed by atoms with Crippen LogP contribution in [0.15, 0.2) is 47.6 Å². The number of thioether (sulfide) groups is 1. The summed E-state index contributed by atoms with van der Waals surface area (Å²) in [6.45, 7) is 5.01. The van der Waals surface area contributed by atoms with E-state index in [0.717, 1.165) is 16.7 Å². The van der Waals surface area contributed by atoms with Gasteiger partial charge in [0.2, 0.25) is 11.8 Å². The Kier molecular flexibility index (Phi) is 5.99. The quantitative estimate of drug-likeness (QED) is 0.848. The van der Waals surface area contributed by atoms with E-state index in [0.29, 0.717) is 10.9 Å². The molecule has 0 radical (unpaired) electrons. The van der Waals surface area contributed by atoms with Crippen molar-refractivity contribution in [1.82, 2.24) is 10.3 Å². The lowest BCUT2D eigenvalue weighted by atomic mass is 10.1. The minimum atomic E-state index is -0.456. The number of amidine groups is 1. The van der Waals surface area contributed by atoms with Crippen LogP contribution in [0.1, 0.15) is 35.9 Å². The molecule has 0 aromatic heterocycles. The lowest BCUT2D eigenvalue weighted by Gasteiger charge is -2.22. The third-order valence-electron chi connectivity index (χ3n) is 3.99. The van der Waals surface area contributed by atoms with Gasteiger partial charge in [0, 0.05) is 19.4 Å². The number of hydrogen-bond donors (Lipinski definition) is 1. The molecule has 0 saturated carbocycles. The van der Waals surface area contributed by atoms with Crippen LogP contribution < -0.4 is 10.1 Å². The van der Waals surface area contributed by atoms with Crippen LogP contribution >= 0.6 is 11.8 Å². The highest BCUT2D eigenvalue weighted by molar-refractivity contribution is 8.14. The van der Waals surface area contributed by atoms with Gasteiger partial charge < -0.3 is 10.1 Å². The highest BCUT2D eigenvalue weighted by Gasteiger charge is 2.34. The number of amides is 2. The van der Waals surface area contributed by atoms with Crippen LogP contribution in [0.4, 0.5) is 4.39 Å². The summed E-state index contributed by atoms with van der Waals surface area (Å²) in [6, 6.07) is 11.8. The SMILES string of the molecule is CC(=O)NC1=NN(C(C)=O)[C@@H](c2cc(C)ccc2OCc2ccc(F)cc2)S1. The highest BCUT2D eigenvalue weighted by Crippen LogP contribution is 2.43. The Morgan fingerprint density at radius 2 is 1.93 bits per heavy atom. The zero-order valence-corrected chi connectivity index (χ0v) is 16.5. The number of aryl methyl sites for hydroxylation is 1. The van der Waals surface area contributed by atoms with Gasteiger partial charge >= 0.3 is 0 Å².